The molecule has 1 fully saturated rings. The number of carboxylic acids is 1. The number of carboxylic acid groups (broad SMARTS) is 1. The number of rotatable bonds is 5. The fraction of sp³-hybridized carbons (Fsp3) is 0.923. The second kappa shape index (κ2) is 7.22. The van der Waals surface area contributed by atoms with Crippen molar-refractivity contribution in [3.05, 3.63) is 0 Å². The van der Waals surface area contributed by atoms with Gasteiger partial charge in [-0.15, -0.1) is 12.4 Å². The molecule has 102 valence electrons. The van der Waals surface area contributed by atoms with Gasteiger partial charge in [-0.2, -0.15) is 0 Å². The second-order valence-electron chi connectivity index (χ2n) is 5.71. The summed E-state index contributed by atoms with van der Waals surface area (Å²) in [5.41, 5.74) is -0.0150. The van der Waals surface area contributed by atoms with E-state index in [1.165, 1.54) is 6.42 Å². The van der Waals surface area contributed by atoms with Gasteiger partial charge in [0.1, 0.15) is 0 Å². The van der Waals surface area contributed by atoms with Crippen LogP contribution in [0.3, 0.4) is 0 Å². The summed E-state index contributed by atoms with van der Waals surface area (Å²) in [4.78, 5) is 11.0. The molecule has 17 heavy (non-hydrogen) atoms. The Hall–Kier alpha value is -0.280. The number of aliphatic carboxylic acids is 1. The smallest absolute Gasteiger partial charge is 0.303 e. The number of hydrogen-bond acceptors (Lipinski definition) is 2. The predicted octanol–water partition coefficient (Wildman–Crippen LogP) is 2.93. The summed E-state index contributed by atoms with van der Waals surface area (Å²) in [6, 6.07) is 0. The van der Waals surface area contributed by atoms with Crippen LogP contribution in [0.25, 0.3) is 0 Å². The van der Waals surface area contributed by atoms with Crippen LogP contribution in [-0.2, 0) is 4.79 Å². The molecular formula is C13H26ClNO2. The van der Waals surface area contributed by atoms with E-state index in [2.05, 4.69) is 26.1 Å². The second-order valence-corrected chi connectivity index (χ2v) is 5.71. The maximum absolute atomic E-state index is 11.0. The molecule has 0 aliphatic heterocycles. The Kier molecular flexibility index (Phi) is 7.10. The molecule has 3 atom stereocenters. The fourth-order valence-corrected chi connectivity index (χ4v) is 3.48. The third-order valence-electron chi connectivity index (χ3n) is 3.64. The summed E-state index contributed by atoms with van der Waals surface area (Å²) in [5, 5.41) is 12.4. The van der Waals surface area contributed by atoms with Crippen LogP contribution < -0.4 is 5.32 Å². The summed E-state index contributed by atoms with van der Waals surface area (Å²) >= 11 is 0. The number of halogens is 1. The van der Waals surface area contributed by atoms with Gasteiger partial charge in [0.25, 0.3) is 0 Å². The van der Waals surface area contributed by atoms with Crippen LogP contribution in [0.4, 0.5) is 0 Å². The molecule has 0 aromatic heterocycles. The van der Waals surface area contributed by atoms with E-state index in [0.717, 1.165) is 25.9 Å². The minimum atomic E-state index is -0.654. The van der Waals surface area contributed by atoms with Crippen LogP contribution in [0.5, 0.6) is 0 Å². The molecule has 0 aromatic rings. The lowest BCUT2D eigenvalue weighted by molar-refractivity contribution is -0.140. The topological polar surface area (TPSA) is 49.3 Å². The Morgan fingerprint density at radius 2 is 1.88 bits per heavy atom. The van der Waals surface area contributed by atoms with E-state index in [-0.39, 0.29) is 17.8 Å². The summed E-state index contributed by atoms with van der Waals surface area (Å²) in [7, 11) is 0. The lowest BCUT2D eigenvalue weighted by Gasteiger charge is -2.42. The zero-order valence-corrected chi connectivity index (χ0v) is 12.0. The zero-order chi connectivity index (χ0) is 12.2. The Morgan fingerprint density at radius 1 is 1.35 bits per heavy atom. The van der Waals surface area contributed by atoms with Crippen molar-refractivity contribution in [1.82, 2.24) is 5.32 Å². The largest absolute Gasteiger partial charge is 0.481 e. The van der Waals surface area contributed by atoms with Gasteiger partial charge in [-0.1, -0.05) is 20.8 Å². The minimum absolute atomic E-state index is 0. The lowest BCUT2D eigenvalue weighted by Crippen LogP contribution is -2.41. The van der Waals surface area contributed by atoms with Crippen molar-refractivity contribution in [3.8, 4) is 0 Å². The quantitative estimate of drug-likeness (QED) is 0.802. The van der Waals surface area contributed by atoms with Crippen LogP contribution >= 0.6 is 12.4 Å². The molecule has 0 bridgehead atoms. The number of nitrogens with one attached hydrogen (secondary N) is 1. The van der Waals surface area contributed by atoms with Gasteiger partial charge in [0.2, 0.25) is 0 Å². The van der Waals surface area contributed by atoms with E-state index in [1.807, 2.05) is 0 Å². The van der Waals surface area contributed by atoms with Crippen molar-refractivity contribution in [2.45, 2.75) is 46.5 Å². The van der Waals surface area contributed by atoms with Gasteiger partial charge < -0.3 is 10.4 Å². The molecule has 4 heteroatoms. The van der Waals surface area contributed by atoms with Gasteiger partial charge in [-0.05, 0) is 43.1 Å². The number of hydrogen-bond donors (Lipinski definition) is 2. The van der Waals surface area contributed by atoms with Gasteiger partial charge >= 0.3 is 5.97 Å². The first-order valence-corrected chi connectivity index (χ1v) is 6.40. The van der Waals surface area contributed by atoms with Gasteiger partial charge in [-0.25, -0.2) is 0 Å². The molecule has 1 aliphatic rings. The van der Waals surface area contributed by atoms with Gasteiger partial charge in [0.05, 0.1) is 6.42 Å². The highest BCUT2D eigenvalue weighted by molar-refractivity contribution is 5.85. The molecule has 0 aromatic carbocycles. The molecule has 1 aliphatic carbocycles. The van der Waals surface area contributed by atoms with Crippen LogP contribution in [-0.4, -0.2) is 24.2 Å². The third kappa shape index (κ3) is 5.26. The van der Waals surface area contributed by atoms with Crippen LogP contribution in [0.2, 0.25) is 0 Å². The molecule has 0 spiro atoms. The molecule has 0 heterocycles. The first-order valence-electron chi connectivity index (χ1n) is 6.40. The van der Waals surface area contributed by atoms with Crippen LogP contribution in [0.1, 0.15) is 46.5 Å². The summed E-state index contributed by atoms with van der Waals surface area (Å²) in [6.45, 7) is 8.34. The van der Waals surface area contributed by atoms with Crippen molar-refractivity contribution in [3.63, 3.8) is 0 Å². The molecule has 1 rings (SSSR count). The zero-order valence-electron chi connectivity index (χ0n) is 11.2. The maximum atomic E-state index is 11.0. The maximum Gasteiger partial charge on any atom is 0.303 e. The summed E-state index contributed by atoms with van der Waals surface area (Å²) < 4.78 is 0. The van der Waals surface area contributed by atoms with Crippen molar-refractivity contribution >= 4 is 18.4 Å². The van der Waals surface area contributed by atoms with Crippen molar-refractivity contribution in [1.29, 1.82) is 0 Å². The van der Waals surface area contributed by atoms with E-state index in [0.29, 0.717) is 18.3 Å². The molecule has 3 nitrogen and oxygen atoms in total. The lowest BCUT2D eigenvalue weighted by atomic mass is 9.64. The Morgan fingerprint density at radius 3 is 2.29 bits per heavy atom. The fourth-order valence-electron chi connectivity index (χ4n) is 3.48. The highest BCUT2D eigenvalue weighted by atomic mass is 35.5. The molecule has 1 saturated carbocycles. The Labute approximate surface area is 111 Å². The highest BCUT2D eigenvalue weighted by Gasteiger charge is 2.39. The summed E-state index contributed by atoms with van der Waals surface area (Å²) in [5.74, 6) is 0.655. The van der Waals surface area contributed by atoms with Gasteiger partial charge in [-0.3, -0.25) is 4.79 Å². The summed E-state index contributed by atoms with van der Waals surface area (Å²) in [6.07, 6.45) is 3.66. The molecule has 0 unspecified atom stereocenters. The molecule has 0 saturated heterocycles. The Bertz CT molecular complexity index is 236. The molecule has 2 N–H and O–H groups in total. The minimum Gasteiger partial charge on any atom is -0.481 e. The highest BCUT2D eigenvalue weighted by Crippen LogP contribution is 2.44. The van der Waals surface area contributed by atoms with E-state index >= 15 is 0 Å². The van der Waals surface area contributed by atoms with Crippen molar-refractivity contribution in [2.75, 3.05) is 13.1 Å². The Balaban J connectivity index is 0.00000256. The molecule has 0 amide bonds. The van der Waals surface area contributed by atoms with Crippen LogP contribution in [0.15, 0.2) is 0 Å². The standard InChI is InChI=1S/C13H25NO2.ClH/c1-4-14-9-13(8-12(15)16)6-10(2)5-11(3)7-13;/h10-11,14H,4-9H2,1-3H3,(H,15,16);1H/t10-,11+,13-;. The molecule has 0 radical (unpaired) electrons. The van der Waals surface area contributed by atoms with Gasteiger partial charge in [0.15, 0.2) is 0 Å². The SMILES string of the molecule is CCNC[C@]1(CC(=O)O)C[C@H](C)C[C@H](C)C1.Cl. The van der Waals surface area contributed by atoms with E-state index < -0.39 is 5.97 Å². The van der Waals surface area contributed by atoms with E-state index in [4.69, 9.17) is 5.11 Å². The van der Waals surface area contributed by atoms with Gasteiger partial charge in [0, 0.05) is 6.54 Å². The van der Waals surface area contributed by atoms with Crippen LogP contribution in [0, 0.1) is 17.3 Å². The monoisotopic (exact) mass is 263 g/mol. The van der Waals surface area contributed by atoms with Crippen molar-refractivity contribution < 1.29 is 9.90 Å². The predicted molar refractivity (Wildman–Crippen MR) is 72.7 cm³/mol. The average molecular weight is 264 g/mol. The van der Waals surface area contributed by atoms with E-state index in [9.17, 15) is 4.79 Å². The third-order valence-corrected chi connectivity index (χ3v) is 3.64. The normalized spacial score (nSPS) is 32.9. The number of carbonyl (C=O) groups is 1. The first kappa shape index (κ1) is 16.7. The molecular weight excluding hydrogens is 238 g/mol. The first-order chi connectivity index (χ1) is 7.47. The average Bonchev–Trinajstić information content (AvgIpc) is 2.11. The van der Waals surface area contributed by atoms with E-state index in [1.54, 1.807) is 0 Å². The van der Waals surface area contributed by atoms with Crippen molar-refractivity contribution in [2.24, 2.45) is 17.3 Å².